The molecule has 28 heavy (non-hydrogen) atoms. The van der Waals surface area contributed by atoms with Gasteiger partial charge >= 0.3 is 0 Å². The van der Waals surface area contributed by atoms with Gasteiger partial charge in [0.2, 0.25) is 0 Å². The van der Waals surface area contributed by atoms with Crippen LogP contribution < -0.4 is 5.43 Å². The van der Waals surface area contributed by atoms with Crippen LogP contribution in [-0.2, 0) is 6.42 Å². The number of furan rings is 1. The van der Waals surface area contributed by atoms with Crippen LogP contribution in [0.1, 0.15) is 74.0 Å². The first-order chi connectivity index (χ1) is 13.3. The third-order valence-corrected chi connectivity index (χ3v) is 6.29. The summed E-state index contributed by atoms with van der Waals surface area (Å²) in [7, 11) is 0. The van der Waals surface area contributed by atoms with E-state index in [4.69, 9.17) is 4.42 Å². The Morgan fingerprint density at radius 2 is 1.96 bits per heavy atom. The van der Waals surface area contributed by atoms with E-state index in [0.717, 1.165) is 23.5 Å². The van der Waals surface area contributed by atoms with Gasteiger partial charge in [0.1, 0.15) is 5.58 Å². The summed E-state index contributed by atoms with van der Waals surface area (Å²) < 4.78 is 8.52. The van der Waals surface area contributed by atoms with E-state index < -0.39 is 0 Å². The minimum absolute atomic E-state index is 0.0345. The minimum Gasteiger partial charge on any atom is -0.454 e. The summed E-state index contributed by atoms with van der Waals surface area (Å²) in [5, 5.41) is 1.17. The molecule has 2 aromatic heterocycles. The minimum atomic E-state index is -0.234. The SMILES string of the molecule is CC(=O)c1cn2c(cc1=O)-c1oc3c(C4CC4)cccc3c1C[C@H]2C(C)(C)C. The van der Waals surface area contributed by atoms with E-state index in [-0.39, 0.29) is 28.2 Å². The number of fused-ring (bicyclic) bond motifs is 5. The highest BCUT2D eigenvalue weighted by Crippen LogP contribution is 2.49. The molecule has 1 aliphatic heterocycles. The van der Waals surface area contributed by atoms with Gasteiger partial charge in [-0.1, -0.05) is 39.0 Å². The summed E-state index contributed by atoms with van der Waals surface area (Å²) in [6.45, 7) is 8.06. The zero-order chi connectivity index (χ0) is 19.8. The van der Waals surface area contributed by atoms with Crippen molar-refractivity contribution < 1.29 is 9.21 Å². The van der Waals surface area contributed by atoms with Gasteiger partial charge in [-0.15, -0.1) is 0 Å². The number of hydrogen-bond acceptors (Lipinski definition) is 3. The molecular weight excluding hydrogens is 350 g/mol. The van der Waals surface area contributed by atoms with Crippen molar-refractivity contribution in [3.63, 3.8) is 0 Å². The number of benzene rings is 1. The lowest BCUT2D eigenvalue weighted by Gasteiger charge is -2.37. The molecule has 1 aliphatic carbocycles. The predicted molar refractivity (Wildman–Crippen MR) is 110 cm³/mol. The third kappa shape index (κ3) is 2.50. The maximum Gasteiger partial charge on any atom is 0.193 e. The van der Waals surface area contributed by atoms with E-state index in [1.165, 1.54) is 36.3 Å². The number of hydrogen-bond donors (Lipinski definition) is 0. The van der Waals surface area contributed by atoms with Crippen molar-refractivity contribution in [2.75, 3.05) is 0 Å². The lowest BCUT2D eigenvalue weighted by atomic mass is 9.79. The molecule has 0 bridgehead atoms. The van der Waals surface area contributed by atoms with Crippen LogP contribution in [0, 0.1) is 5.41 Å². The van der Waals surface area contributed by atoms with Crippen LogP contribution in [0.25, 0.3) is 22.4 Å². The van der Waals surface area contributed by atoms with Gasteiger partial charge in [0, 0.05) is 29.3 Å². The number of aromatic nitrogens is 1. The first kappa shape index (κ1) is 17.5. The van der Waals surface area contributed by atoms with Gasteiger partial charge in [-0.05, 0) is 43.1 Å². The number of ketones is 1. The number of Topliss-reactive ketones (excluding diaryl/α,β-unsaturated/α-hetero) is 1. The van der Waals surface area contributed by atoms with Crippen LogP contribution in [-0.4, -0.2) is 10.4 Å². The molecule has 0 spiro atoms. The summed E-state index contributed by atoms with van der Waals surface area (Å²) in [6, 6.07) is 8.16. The maximum atomic E-state index is 12.6. The van der Waals surface area contributed by atoms with E-state index >= 15 is 0 Å². The summed E-state index contributed by atoms with van der Waals surface area (Å²) in [4.78, 5) is 24.6. The molecule has 3 heterocycles. The highest BCUT2D eigenvalue weighted by molar-refractivity contribution is 5.95. The van der Waals surface area contributed by atoms with Crippen LogP contribution in [0.15, 0.2) is 39.7 Å². The Hall–Kier alpha value is -2.62. The molecule has 3 aromatic rings. The Bertz CT molecular complexity index is 1190. The molecule has 4 nitrogen and oxygen atoms in total. The molecule has 0 unspecified atom stereocenters. The first-order valence-electron chi connectivity index (χ1n) is 10.1. The molecule has 1 atom stereocenters. The lowest BCUT2D eigenvalue weighted by molar-refractivity contribution is 0.101. The monoisotopic (exact) mass is 375 g/mol. The molecule has 4 heteroatoms. The van der Waals surface area contributed by atoms with E-state index in [1.54, 1.807) is 12.3 Å². The predicted octanol–water partition coefficient (Wildman–Crippen LogP) is 5.48. The van der Waals surface area contributed by atoms with Crippen LogP contribution in [0.3, 0.4) is 0 Å². The standard InChI is InChI=1S/C24H25NO3/c1-13(26)18-12-25-19(11-20(18)27)23-17(10-21(25)24(2,3)4)16-7-5-6-15(14-8-9-14)22(16)28-23/h5-7,11-12,14,21H,8-10H2,1-4H3/t21-/m0/s1. The quantitative estimate of drug-likeness (QED) is 0.557. The Labute approximate surface area is 164 Å². The van der Waals surface area contributed by atoms with Crippen molar-refractivity contribution in [1.82, 2.24) is 4.57 Å². The van der Waals surface area contributed by atoms with Gasteiger partial charge < -0.3 is 8.98 Å². The molecule has 0 N–H and O–H groups in total. The topological polar surface area (TPSA) is 52.2 Å². The molecule has 2 aliphatic rings. The largest absolute Gasteiger partial charge is 0.454 e. The van der Waals surface area contributed by atoms with Crippen molar-refractivity contribution in [3.05, 3.63) is 57.4 Å². The fraction of sp³-hybridized carbons (Fsp3) is 0.417. The molecule has 1 fully saturated rings. The number of rotatable bonds is 2. The summed E-state index contributed by atoms with van der Waals surface area (Å²) in [5.74, 6) is 1.19. The fourth-order valence-electron chi connectivity index (χ4n) is 4.59. The molecule has 0 saturated heterocycles. The molecule has 1 saturated carbocycles. The smallest absolute Gasteiger partial charge is 0.193 e. The van der Waals surface area contributed by atoms with Crippen molar-refractivity contribution in [2.24, 2.45) is 5.41 Å². The van der Waals surface area contributed by atoms with Crippen molar-refractivity contribution in [2.45, 2.75) is 58.9 Å². The van der Waals surface area contributed by atoms with Crippen LogP contribution >= 0.6 is 0 Å². The molecule has 5 rings (SSSR count). The first-order valence-corrected chi connectivity index (χ1v) is 10.1. The average molecular weight is 375 g/mol. The fourth-order valence-corrected chi connectivity index (χ4v) is 4.59. The Kier molecular flexibility index (Phi) is 3.55. The van der Waals surface area contributed by atoms with Crippen LogP contribution in [0.4, 0.5) is 0 Å². The number of carbonyl (C=O) groups is 1. The lowest BCUT2D eigenvalue weighted by Crippen LogP contribution is -2.32. The molecule has 0 amide bonds. The van der Waals surface area contributed by atoms with Gasteiger partial charge in [0.25, 0.3) is 0 Å². The second-order valence-electron chi connectivity index (χ2n) is 9.39. The second kappa shape index (κ2) is 5.69. The molecular formula is C24H25NO3. The number of pyridine rings is 1. The van der Waals surface area contributed by atoms with E-state index in [2.05, 4.69) is 43.5 Å². The van der Waals surface area contributed by atoms with E-state index in [9.17, 15) is 9.59 Å². The Balaban J connectivity index is 1.83. The highest BCUT2D eigenvalue weighted by atomic mass is 16.3. The Morgan fingerprint density at radius 3 is 2.61 bits per heavy atom. The van der Waals surface area contributed by atoms with Crippen LogP contribution in [0.5, 0.6) is 0 Å². The Morgan fingerprint density at radius 1 is 1.21 bits per heavy atom. The van der Waals surface area contributed by atoms with Crippen molar-refractivity contribution >= 4 is 16.8 Å². The van der Waals surface area contributed by atoms with Crippen molar-refractivity contribution in [1.29, 1.82) is 0 Å². The van der Waals surface area contributed by atoms with E-state index in [1.807, 2.05) is 0 Å². The zero-order valence-corrected chi connectivity index (χ0v) is 16.8. The highest BCUT2D eigenvalue weighted by Gasteiger charge is 2.37. The van der Waals surface area contributed by atoms with Gasteiger partial charge in [-0.2, -0.15) is 0 Å². The van der Waals surface area contributed by atoms with Crippen molar-refractivity contribution in [3.8, 4) is 11.5 Å². The van der Waals surface area contributed by atoms with Gasteiger partial charge in [0.05, 0.1) is 11.3 Å². The number of nitrogens with zero attached hydrogens (tertiary/aromatic N) is 1. The molecule has 1 aromatic carbocycles. The summed E-state index contributed by atoms with van der Waals surface area (Å²) in [6.07, 6.45) is 5.00. The van der Waals surface area contributed by atoms with Crippen LogP contribution in [0.2, 0.25) is 0 Å². The summed E-state index contributed by atoms with van der Waals surface area (Å²) in [5.41, 5.74) is 4.21. The van der Waals surface area contributed by atoms with E-state index in [0.29, 0.717) is 5.92 Å². The maximum absolute atomic E-state index is 12.6. The third-order valence-electron chi connectivity index (χ3n) is 6.29. The number of carbonyl (C=O) groups excluding carboxylic acids is 1. The van der Waals surface area contributed by atoms with Gasteiger partial charge in [-0.25, -0.2) is 0 Å². The molecule has 0 radical (unpaired) electrons. The molecule has 144 valence electrons. The normalized spacial score (nSPS) is 18.8. The van der Waals surface area contributed by atoms with Gasteiger partial charge in [-0.3, -0.25) is 9.59 Å². The average Bonchev–Trinajstić information content (AvgIpc) is 3.39. The van der Waals surface area contributed by atoms with Gasteiger partial charge in [0.15, 0.2) is 17.0 Å². The zero-order valence-electron chi connectivity index (χ0n) is 16.8. The second-order valence-corrected chi connectivity index (χ2v) is 9.39. The number of para-hydroxylation sites is 1. The summed E-state index contributed by atoms with van der Waals surface area (Å²) >= 11 is 0.